The number of ether oxygens (including phenoxy) is 2. The first kappa shape index (κ1) is 22.0. The molecule has 2 aliphatic heterocycles. The highest BCUT2D eigenvalue weighted by Crippen LogP contribution is 2.39. The molecule has 8 heteroatoms. The number of rotatable bonds is 6. The van der Waals surface area contributed by atoms with Crippen LogP contribution in [0.25, 0.3) is 5.76 Å². The second kappa shape index (κ2) is 9.50. The Morgan fingerprint density at radius 3 is 2.53 bits per heavy atom. The number of aliphatic hydroxyl groups is 1. The Hall–Kier alpha value is -3.23. The van der Waals surface area contributed by atoms with E-state index in [1.165, 1.54) is 0 Å². The van der Waals surface area contributed by atoms with E-state index in [1.54, 1.807) is 54.7 Å². The molecule has 1 amide bonds. The molecule has 0 radical (unpaired) electrons. The van der Waals surface area contributed by atoms with Gasteiger partial charge in [0.05, 0.1) is 31.9 Å². The minimum absolute atomic E-state index is 0.0905. The Morgan fingerprint density at radius 1 is 1.16 bits per heavy atom. The van der Waals surface area contributed by atoms with Gasteiger partial charge in [0.2, 0.25) is 0 Å². The van der Waals surface area contributed by atoms with Crippen LogP contribution in [0.4, 0.5) is 0 Å². The van der Waals surface area contributed by atoms with Gasteiger partial charge in [-0.3, -0.25) is 19.5 Å². The second-order valence-electron chi connectivity index (χ2n) is 7.91. The number of carbonyl (C=O) groups is 2. The number of ketones is 1. The molecule has 0 saturated carbocycles. The van der Waals surface area contributed by atoms with E-state index < -0.39 is 17.7 Å². The molecule has 168 valence electrons. The van der Waals surface area contributed by atoms with E-state index in [1.807, 2.05) is 6.92 Å². The molecule has 2 saturated heterocycles. The quantitative estimate of drug-likeness (QED) is 0.421. The van der Waals surface area contributed by atoms with Crippen LogP contribution in [0.1, 0.15) is 22.7 Å². The fourth-order valence-electron chi connectivity index (χ4n) is 4.26. The van der Waals surface area contributed by atoms with Gasteiger partial charge < -0.3 is 19.5 Å². The van der Waals surface area contributed by atoms with Crippen molar-refractivity contribution in [3.05, 3.63) is 65.0 Å². The normalized spacial score (nSPS) is 21.2. The third-order valence-electron chi connectivity index (χ3n) is 5.99. The molecular weight excluding hydrogens is 410 g/mol. The first-order valence-corrected chi connectivity index (χ1v) is 10.6. The average molecular weight is 437 g/mol. The standard InChI is InChI=1S/C24H27N3O5/c1-16-15-18(3-4-19(16)31-2)22(28)20-21(17-5-7-25-8-6-17)27(24(30)23(20)29)10-9-26-11-13-32-14-12-26/h3-8,15,21,28H,9-14H2,1-2H3/b22-20+/t21-/m1/s1. The van der Waals surface area contributed by atoms with E-state index in [0.717, 1.165) is 24.2 Å². The first-order valence-electron chi connectivity index (χ1n) is 10.6. The Labute approximate surface area is 187 Å². The SMILES string of the molecule is COc1ccc(/C(O)=C2\C(=O)C(=O)N(CCN3CCOCC3)[C@@H]2c2ccncc2)cc1C. The van der Waals surface area contributed by atoms with Gasteiger partial charge in [-0.15, -0.1) is 0 Å². The van der Waals surface area contributed by atoms with Gasteiger partial charge in [-0.1, -0.05) is 0 Å². The summed E-state index contributed by atoms with van der Waals surface area (Å²) in [6.45, 7) is 5.74. The fraction of sp³-hybridized carbons (Fsp3) is 0.375. The monoisotopic (exact) mass is 437 g/mol. The van der Waals surface area contributed by atoms with E-state index in [0.29, 0.717) is 37.6 Å². The summed E-state index contributed by atoms with van der Waals surface area (Å²) in [6, 6.07) is 8.03. The zero-order valence-corrected chi connectivity index (χ0v) is 18.3. The van der Waals surface area contributed by atoms with Crippen molar-refractivity contribution in [1.29, 1.82) is 0 Å². The predicted molar refractivity (Wildman–Crippen MR) is 118 cm³/mol. The lowest BCUT2D eigenvalue weighted by Gasteiger charge is -2.31. The molecule has 2 aliphatic rings. The Balaban J connectivity index is 1.72. The van der Waals surface area contributed by atoms with Crippen molar-refractivity contribution in [2.45, 2.75) is 13.0 Å². The summed E-state index contributed by atoms with van der Waals surface area (Å²) in [6.07, 6.45) is 3.24. The van der Waals surface area contributed by atoms with E-state index >= 15 is 0 Å². The first-order chi connectivity index (χ1) is 15.5. The van der Waals surface area contributed by atoms with Crippen LogP contribution in [0.5, 0.6) is 5.75 Å². The number of aromatic nitrogens is 1. The van der Waals surface area contributed by atoms with Crippen LogP contribution >= 0.6 is 0 Å². The largest absolute Gasteiger partial charge is 0.507 e. The summed E-state index contributed by atoms with van der Waals surface area (Å²) in [5.41, 5.74) is 2.10. The predicted octanol–water partition coefficient (Wildman–Crippen LogP) is 2.15. The van der Waals surface area contributed by atoms with Gasteiger partial charge in [0.1, 0.15) is 11.5 Å². The number of hydrogen-bond acceptors (Lipinski definition) is 7. The van der Waals surface area contributed by atoms with Gasteiger partial charge in [-0.2, -0.15) is 0 Å². The van der Waals surface area contributed by atoms with Gasteiger partial charge in [-0.05, 0) is 48.4 Å². The van der Waals surface area contributed by atoms with Crippen LogP contribution in [0.15, 0.2) is 48.3 Å². The molecule has 2 fully saturated rings. The number of aryl methyl sites for hydroxylation is 1. The average Bonchev–Trinajstić information content (AvgIpc) is 3.08. The lowest BCUT2D eigenvalue weighted by atomic mass is 9.95. The lowest BCUT2D eigenvalue weighted by molar-refractivity contribution is -0.140. The van der Waals surface area contributed by atoms with E-state index in [4.69, 9.17) is 9.47 Å². The molecule has 0 bridgehead atoms. The van der Waals surface area contributed by atoms with E-state index in [-0.39, 0.29) is 11.3 Å². The molecular formula is C24H27N3O5. The Bertz CT molecular complexity index is 1030. The van der Waals surface area contributed by atoms with Crippen molar-refractivity contribution in [3.63, 3.8) is 0 Å². The summed E-state index contributed by atoms with van der Waals surface area (Å²) < 4.78 is 10.7. The molecule has 0 unspecified atom stereocenters. The van der Waals surface area contributed by atoms with E-state index in [9.17, 15) is 14.7 Å². The highest BCUT2D eigenvalue weighted by atomic mass is 16.5. The minimum atomic E-state index is -0.681. The smallest absolute Gasteiger partial charge is 0.295 e. The maximum atomic E-state index is 13.1. The van der Waals surface area contributed by atoms with Crippen LogP contribution in [0.2, 0.25) is 0 Å². The van der Waals surface area contributed by atoms with Crippen LogP contribution in [-0.2, 0) is 14.3 Å². The van der Waals surface area contributed by atoms with Gasteiger partial charge in [0.25, 0.3) is 11.7 Å². The van der Waals surface area contributed by atoms with Gasteiger partial charge >= 0.3 is 0 Å². The summed E-state index contributed by atoms with van der Waals surface area (Å²) in [4.78, 5) is 33.9. The molecule has 1 N–H and O–H groups in total. The van der Waals surface area contributed by atoms with Crippen molar-refractivity contribution < 1.29 is 24.2 Å². The van der Waals surface area contributed by atoms with Crippen molar-refractivity contribution in [1.82, 2.24) is 14.8 Å². The Morgan fingerprint density at radius 2 is 1.88 bits per heavy atom. The lowest BCUT2D eigenvalue weighted by Crippen LogP contribution is -2.42. The van der Waals surface area contributed by atoms with E-state index in [2.05, 4.69) is 9.88 Å². The van der Waals surface area contributed by atoms with Gasteiger partial charge in [0.15, 0.2) is 0 Å². The second-order valence-corrected chi connectivity index (χ2v) is 7.91. The highest BCUT2D eigenvalue weighted by Gasteiger charge is 2.46. The van der Waals surface area contributed by atoms with Crippen LogP contribution in [-0.4, -0.2) is 78.1 Å². The maximum absolute atomic E-state index is 13.1. The number of morpholine rings is 1. The van der Waals surface area contributed by atoms with Gasteiger partial charge in [0, 0.05) is 44.1 Å². The van der Waals surface area contributed by atoms with Crippen molar-refractivity contribution in [3.8, 4) is 5.75 Å². The molecule has 8 nitrogen and oxygen atoms in total. The molecule has 1 aromatic heterocycles. The summed E-state index contributed by atoms with van der Waals surface area (Å²) in [5, 5.41) is 11.2. The number of amides is 1. The molecule has 1 aromatic carbocycles. The van der Waals surface area contributed by atoms with Crippen molar-refractivity contribution in [2.75, 3.05) is 46.5 Å². The van der Waals surface area contributed by atoms with Crippen molar-refractivity contribution in [2.24, 2.45) is 0 Å². The summed E-state index contributed by atoms with van der Waals surface area (Å²) >= 11 is 0. The fourth-order valence-corrected chi connectivity index (χ4v) is 4.26. The maximum Gasteiger partial charge on any atom is 0.295 e. The van der Waals surface area contributed by atoms with Gasteiger partial charge in [-0.25, -0.2) is 0 Å². The molecule has 2 aromatic rings. The number of carbonyl (C=O) groups excluding carboxylic acids is 2. The topological polar surface area (TPSA) is 92.2 Å². The number of benzene rings is 1. The van der Waals surface area contributed by atoms with Crippen molar-refractivity contribution >= 4 is 17.4 Å². The number of methoxy groups -OCH3 is 1. The minimum Gasteiger partial charge on any atom is -0.507 e. The van der Waals surface area contributed by atoms with Crippen LogP contribution in [0.3, 0.4) is 0 Å². The third-order valence-corrected chi connectivity index (χ3v) is 5.99. The number of pyridine rings is 1. The summed E-state index contributed by atoms with van der Waals surface area (Å²) in [7, 11) is 1.57. The highest BCUT2D eigenvalue weighted by molar-refractivity contribution is 6.46. The molecule has 4 rings (SSSR count). The number of aliphatic hydroxyl groups excluding tert-OH is 1. The summed E-state index contributed by atoms with van der Waals surface area (Å²) in [5.74, 6) is -0.797. The Kier molecular flexibility index (Phi) is 6.53. The van der Waals surface area contributed by atoms with Crippen LogP contribution in [0, 0.1) is 6.92 Å². The zero-order chi connectivity index (χ0) is 22.7. The number of hydrogen-bond donors (Lipinski definition) is 1. The third kappa shape index (κ3) is 4.24. The molecule has 0 spiro atoms. The molecule has 1 atom stereocenters. The molecule has 3 heterocycles. The zero-order valence-electron chi connectivity index (χ0n) is 18.3. The molecule has 32 heavy (non-hydrogen) atoms. The number of likely N-dealkylation sites (tertiary alicyclic amines) is 1. The van der Waals surface area contributed by atoms with Crippen LogP contribution < -0.4 is 4.74 Å². The number of Topliss-reactive ketones (excluding diaryl/α,β-unsaturated/α-hetero) is 1. The molecule has 0 aliphatic carbocycles. The number of nitrogens with zero attached hydrogens (tertiary/aromatic N) is 3.